The van der Waals surface area contributed by atoms with Crippen LogP contribution in [-0.2, 0) is 6.54 Å². The molecule has 0 aliphatic heterocycles. The molecule has 0 unspecified atom stereocenters. The number of aryl methyl sites for hydroxylation is 3. The number of aromatic nitrogens is 1. The van der Waals surface area contributed by atoms with Crippen molar-refractivity contribution in [1.29, 1.82) is 5.26 Å². The van der Waals surface area contributed by atoms with Gasteiger partial charge in [-0.3, -0.25) is 14.2 Å². The molecule has 0 atom stereocenters. The summed E-state index contributed by atoms with van der Waals surface area (Å²) >= 11 is 0. The fourth-order valence-corrected chi connectivity index (χ4v) is 2.97. The first-order valence-electron chi connectivity index (χ1n) is 8.48. The van der Waals surface area contributed by atoms with Crippen LogP contribution in [0.3, 0.4) is 0 Å². The number of amides is 1. The first kappa shape index (κ1) is 18.2. The Hall–Kier alpha value is -3.59. The highest BCUT2D eigenvalue weighted by molar-refractivity contribution is 5.93. The van der Waals surface area contributed by atoms with Gasteiger partial charge in [0.2, 0.25) is 0 Å². The van der Waals surface area contributed by atoms with E-state index >= 15 is 0 Å². The molecule has 0 saturated carbocycles. The van der Waals surface area contributed by atoms with Crippen molar-refractivity contribution in [3.05, 3.63) is 86.7 Å². The molecule has 0 saturated heterocycles. The second-order valence-corrected chi connectivity index (χ2v) is 6.31. The van der Waals surface area contributed by atoms with Gasteiger partial charge in [-0.1, -0.05) is 6.07 Å². The van der Waals surface area contributed by atoms with E-state index in [0.29, 0.717) is 16.9 Å². The van der Waals surface area contributed by atoms with E-state index in [1.165, 1.54) is 10.6 Å². The first-order chi connectivity index (χ1) is 12.9. The quantitative estimate of drug-likeness (QED) is 0.773. The van der Waals surface area contributed by atoms with Crippen LogP contribution in [0.1, 0.15) is 38.7 Å². The number of carbonyl (C=O) groups excluding carboxylic acids is 1. The number of furan rings is 1. The molecule has 0 fully saturated rings. The maximum atomic E-state index is 12.9. The molecular formula is C21H19N3O3. The number of nitrogens with one attached hydrogen (secondary N) is 1. The van der Waals surface area contributed by atoms with E-state index in [1.807, 2.05) is 19.9 Å². The Balaban J connectivity index is 1.93. The van der Waals surface area contributed by atoms with Crippen molar-refractivity contribution in [3.8, 4) is 11.8 Å². The summed E-state index contributed by atoms with van der Waals surface area (Å²) in [6.45, 7) is 5.72. The first-order valence-corrected chi connectivity index (χ1v) is 8.48. The Morgan fingerprint density at radius 2 is 1.96 bits per heavy atom. The van der Waals surface area contributed by atoms with Crippen LogP contribution in [0.2, 0.25) is 0 Å². The molecule has 2 heterocycles. The third-order valence-electron chi connectivity index (χ3n) is 4.34. The van der Waals surface area contributed by atoms with Gasteiger partial charge in [-0.05, 0) is 57.2 Å². The number of rotatable bonds is 4. The van der Waals surface area contributed by atoms with Crippen LogP contribution in [0.5, 0.6) is 0 Å². The normalized spacial score (nSPS) is 10.4. The third-order valence-corrected chi connectivity index (χ3v) is 4.34. The second-order valence-electron chi connectivity index (χ2n) is 6.31. The molecule has 3 aromatic rings. The van der Waals surface area contributed by atoms with Gasteiger partial charge < -0.3 is 9.73 Å². The summed E-state index contributed by atoms with van der Waals surface area (Å²) in [5.41, 5.74) is 2.15. The highest BCUT2D eigenvalue weighted by Crippen LogP contribution is 2.14. The fraction of sp³-hybridized carbons (Fsp3) is 0.190. The lowest BCUT2D eigenvalue weighted by molar-refractivity contribution is 0.0949. The molecule has 0 aliphatic carbocycles. The number of pyridine rings is 1. The fourth-order valence-electron chi connectivity index (χ4n) is 2.97. The maximum absolute atomic E-state index is 12.9. The van der Waals surface area contributed by atoms with Gasteiger partial charge in [-0.25, -0.2) is 0 Å². The van der Waals surface area contributed by atoms with Crippen molar-refractivity contribution in [3.63, 3.8) is 0 Å². The van der Waals surface area contributed by atoms with Crippen LogP contribution >= 0.6 is 0 Å². The van der Waals surface area contributed by atoms with E-state index in [1.54, 1.807) is 37.3 Å². The smallest absolute Gasteiger partial charge is 0.268 e. The molecule has 1 aromatic carbocycles. The van der Waals surface area contributed by atoms with Gasteiger partial charge in [0.1, 0.15) is 17.1 Å². The van der Waals surface area contributed by atoms with Crippen LogP contribution in [0, 0.1) is 32.1 Å². The topological polar surface area (TPSA) is 88.0 Å². The van der Waals surface area contributed by atoms with Crippen LogP contribution in [-0.4, -0.2) is 10.5 Å². The molecule has 0 radical (unpaired) electrons. The molecule has 0 bridgehead atoms. The van der Waals surface area contributed by atoms with Crippen LogP contribution in [0.25, 0.3) is 5.69 Å². The Labute approximate surface area is 156 Å². The molecule has 27 heavy (non-hydrogen) atoms. The molecule has 136 valence electrons. The number of carbonyl (C=O) groups is 1. The summed E-state index contributed by atoms with van der Waals surface area (Å²) < 4.78 is 6.88. The predicted octanol–water partition coefficient (Wildman–Crippen LogP) is 3.16. The van der Waals surface area contributed by atoms with E-state index in [2.05, 4.69) is 11.4 Å². The molecule has 1 amide bonds. The van der Waals surface area contributed by atoms with Crippen LogP contribution in [0.4, 0.5) is 0 Å². The summed E-state index contributed by atoms with van der Waals surface area (Å²) in [4.78, 5) is 25.5. The zero-order chi connectivity index (χ0) is 19.6. The summed E-state index contributed by atoms with van der Waals surface area (Å²) in [6.07, 6.45) is 0. The van der Waals surface area contributed by atoms with E-state index in [-0.39, 0.29) is 12.1 Å². The minimum atomic E-state index is -0.455. The Kier molecular flexibility index (Phi) is 4.95. The summed E-state index contributed by atoms with van der Waals surface area (Å²) in [7, 11) is 0. The predicted molar refractivity (Wildman–Crippen MR) is 101 cm³/mol. The summed E-state index contributed by atoms with van der Waals surface area (Å²) in [5, 5.41) is 11.8. The van der Waals surface area contributed by atoms with E-state index in [0.717, 1.165) is 17.1 Å². The van der Waals surface area contributed by atoms with Gasteiger partial charge in [-0.2, -0.15) is 5.26 Å². The SMILES string of the molecule is Cc1cc(CNC(=O)c2ccc(C)n(-c3cccc(C#N)c3)c2=O)c(C)o1. The minimum Gasteiger partial charge on any atom is -0.466 e. The number of hydrogen-bond acceptors (Lipinski definition) is 4. The molecular weight excluding hydrogens is 342 g/mol. The van der Waals surface area contributed by atoms with E-state index in [9.17, 15) is 9.59 Å². The summed E-state index contributed by atoms with van der Waals surface area (Å²) in [5.74, 6) is 1.05. The van der Waals surface area contributed by atoms with Crippen LogP contribution in [0.15, 0.2) is 51.7 Å². The highest BCUT2D eigenvalue weighted by atomic mass is 16.3. The highest BCUT2D eigenvalue weighted by Gasteiger charge is 2.16. The summed E-state index contributed by atoms with van der Waals surface area (Å²) in [6, 6.07) is 13.9. The van der Waals surface area contributed by atoms with Gasteiger partial charge in [-0.15, -0.1) is 0 Å². The van der Waals surface area contributed by atoms with Gasteiger partial charge in [0.25, 0.3) is 11.5 Å². The van der Waals surface area contributed by atoms with Gasteiger partial charge in [0.15, 0.2) is 0 Å². The number of hydrogen-bond donors (Lipinski definition) is 1. The molecule has 3 rings (SSSR count). The van der Waals surface area contributed by atoms with Crippen molar-refractivity contribution in [2.75, 3.05) is 0 Å². The lowest BCUT2D eigenvalue weighted by Crippen LogP contribution is -2.33. The largest absolute Gasteiger partial charge is 0.466 e. The zero-order valence-corrected chi connectivity index (χ0v) is 15.4. The molecule has 2 aromatic heterocycles. The lowest BCUT2D eigenvalue weighted by Gasteiger charge is -2.12. The number of benzene rings is 1. The van der Waals surface area contributed by atoms with Crippen molar-refractivity contribution in [1.82, 2.24) is 9.88 Å². The molecule has 6 nitrogen and oxygen atoms in total. The Morgan fingerprint density at radius 3 is 2.63 bits per heavy atom. The van der Waals surface area contributed by atoms with Gasteiger partial charge in [0, 0.05) is 17.8 Å². The van der Waals surface area contributed by atoms with Gasteiger partial charge >= 0.3 is 0 Å². The van der Waals surface area contributed by atoms with Gasteiger partial charge in [0.05, 0.1) is 17.3 Å². The standard InChI is InChI=1S/C21H19N3O3/c1-13-7-8-19(20(25)23-12-17-9-14(2)27-15(17)3)21(26)24(13)18-6-4-5-16(10-18)11-22/h4-10H,12H2,1-3H3,(H,23,25). The number of nitrogens with zero attached hydrogens (tertiary/aromatic N) is 2. The van der Waals surface area contributed by atoms with E-state index in [4.69, 9.17) is 9.68 Å². The number of nitriles is 1. The zero-order valence-electron chi connectivity index (χ0n) is 15.4. The third kappa shape index (κ3) is 3.67. The second kappa shape index (κ2) is 7.34. The van der Waals surface area contributed by atoms with Crippen molar-refractivity contribution >= 4 is 5.91 Å². The van der Waals surface area contributed by atoms with E-state index < -0.39 is 11.5 Å². The Morgan fingerprint density at radius 1 is 1.19 bits per heavy atom. The average molecular weight is 361 g/mol. The average Bonchev–Trinajstić information content (AvgIpc) is 2.97. The van der Waals surface area contributed by atoms with Crippen molar-refractivity contribution in [2.24, 2.45) is 0 Å². The molecule has 0 aliphatic rings. The molecule has 0 spiro atoms. The molecule has 1 N–H and O–H groups in total. The molecule has 6 heteroatoms. The lowest BCUT2D eigenvalue weighted by atomic mass is 10.1. The maximum Gasteiger partial charge on any atom is 0.268 e. The van der Waals surface area contributed by atoms with Crippen molar-refractivity contribution < 1.29 is 9.21 Å². The van der Waals surface area contributed by atoms with Crippen LogP contribution < -0.4 is 10.9 Å². The minimum absolute atomic E-state index is 0.0424. The van der Waals surface area contributed by atoms with Crippen molar-refractivity contribution in [2.45, 2.75) is 27.3 Å². The Bertz CT molecular complexity index is 1120. The monoisotopic (exact) mass is 361 g/mol.